The first-order valence-corrected chi connectivity index (χ1v) is 11.7. The summed E-state index contributed by atoms with van der Waals surface area (Å²) in [6.45, 7) is 0. The van der Waals surface area contributed by atoms with Gasteiger partial charge in [-0.05, 0) is 50.3 Å². The molecule has 3 atom stereocenters. The van der Waals surface area contributed by atoms with Crippen LogP contribution < -0.4 is 15.4 Å². The number of rotatable bonds is 5. The lowest BCUT2D eigenvalue weighted by Crippen LogP contribution is -2.71. The van der Waals surface area contributed by atoms with E-state index in [2.05, 4.69) is 15.8 Å². The Morgan fingerprint density at radius 2 is 1.89 bits per heavy atom. The number of hydrogen-bond acceptors (Lipinski definition) is 7. The van der Waals surface area contributed by atoms with Crippen LogP contribution in [0.1, 0.15) is 72.9 Å². The van der Waals surface area contributed by atoms with Gasteiger partial charge in [0.1, 0.15) is 5.75 Å². The molecule has 3 saturated carbocycles. The molecule has 0 unspecified atom stereocenters. The van der Waals surface area contributed by atoms with E-state index < -0.39 is 53.3 Å². The summed E-state index contributed by atoms with van der Waals surface area (Å²) in [5, 5.41) is 30.8. The Kier molecular flexibility index (Phi) is 5.97. The molecule has 9 nitrogen and oxygen atoms in total. The van der Waals surface area contributed by atoms with Gasteiger partial charge in [0.05, 0.1) is 17.7 Å². The van der Waals surface area contributed by atoms with E-state index in [4.69, 9.17) is 20.9 Å². The highest BCUT2D eigenvalue weighted by Crippen LogP contribution is 2.47. The molecule has 188 valence electrons. The van der Waals surface area contributed by atoms with Crippen molar-refractivity contribution in [2.24, 2.45) is 0 Å². The van der Waals surface area contributed by atoms with Crippen molar-refractivity contribution < 1.29 is 37.8 Å². The molecule has 35 heavy (non-hydrogen) atoms. The number of amides is 2. The number of fused-ring (bicyclic) bond motifs is 4. The minimum Gasteiger partial charge on any atom is -0.480 e. The molecule has 3 fully saturated rings. The molecule has 1 aromatic heterocycles. The molecule has 2 bridgehead atoms. The van der Waals surface area contributed by atoms with Crippen LogP contribution in [-0.2, 0) is 4.79 Å². The lowest BCUT2D eigenvalue weighted by Gasteiger charge is -2.56. The van der Waals surface area contributed by atoms with E-state index >= 15 is 0 Å². The zero-order valence-corrected chi connectivity index (χ0v) is 19.2. The molecule has 0 spiro atoms. The van der Waals surface area contributed by atoms with Gasteiger partial charge in [-0.15, -0.1) is 0 Å². The predicted molar refractivity (Wildman–Crippen MR) is 117 cm³/mol. The van der Waals surface area contributed by atoms with E-state index in [0.29, 0.717) is 42.0 Å². The average Bonchev–Trinajstić information content (AvgIpc) is 3.32. The van der Waals surface area contributed by atoms with Crippen LogP contribution in [0.3, 0.4) is 0 Å². The number of carbonyl (C=O) groups excluding carboxylic acids is 2. The van der Waals surface area contributed by atoms with Gasteiger partial charge in [0.25, 0.3) is 18.2 Å². The van der Waals surface area contributed by atoms with Crippen molar-refractivity contribution in [2.45, 2.75) is 74.3 Å². The number of aromatic nitrogens is 1. The third-order valence-corrected chi connectivity index (χ3v) is 7.61. The molecule has 1 aliphatic heterocycles. The lowest BCUT2D eigenvalue weighted by molar-refractivity contribution is -0.139. The highest BCUT2D eigenvalue weighted by molar-refractivity contribution is 6.30. The number of halogens is 3. The van der Waals surface area contributed by atoms with E-state index in [1.165, 1.54) is 0 Å². The number of ether oxygens (including phenoxy) is 1. The normalized spacial score (nSPS) is 31.5. The average molecular weight is 512 g/mol. The van der Waals surface area contributed by atoms with Gasteiger partial charge in [0.15, 0.2) is 11.8 Å². The van der Waals surface area contributed by atoms with E-state index in [9.17, 15) is 28.6 Å². The number of aliphatic hydroxyl groups is 2. The number of aliphatic hydroxyl groups excluding tert-OH is 2. The van der Waals surface area contributed by atoms with Crippen LogP contribution in [-0.4, -0.2) is 50.5 Å². The van der Waals surface area contributed by atoms with E-state index in [-0.39, 0.29) is 18.6 Å². The molecule has 12 heteroatoms. The molecule has 2 aromatic rings. The van der Waals surface area contributed by atoms with Crippen molar-refractivity contribution >= 4 is 23.4 Å². The second-order valence-corrected chi connectivity index (χ2v) is 9.99. The SMILES string of the molecule is O=C(NC12CCC(NC(=O)[C@@H]3C[C@H](O)c4cc(Cl)ccc4O3)(CC1)[C@@H](O)C2)c1cc(C(F)F)no1. The maximum Gasteiger partial charge on any atom is 0.290 e. The van der Waals surface area contributed by atoms with Crippen molar-refractivity contribution in [3.8, 4) is 5.75 Å². The third-order valence-electron chi connectivity index (χ3n) is 7.38. The van der Waals surface area contributed by atoms with Crippen LogP contribution in [0.25, 0.3) is 0 Å². The van der Waals surface area contributed by atoms with Crippen molar-refractivity contribution in [2.75, 3.05) is 0 Å². The minimum absolute atomic E-state index is 0.0448. The Labute approximate surface area is 203 Å². The second-order valence-electron chi connectivity index (χ2n) is 9.56. The topological polar surface area (TPSA) is 134 Å². The summed E-state index contributed by atoms with van der Waals surface area (Å²) in [6, 6.07) is 5.71. The van der Waals surface area contributed by atoms with E-state index in [0.717, 1.165) is 6.07 Å². The van der Waals surface area contributed by atoms with Gasteiger partial charge >= 0.3 is 0 Å². The number of alkyl halides is 2. The highest BCUT2D eigenvalue weighted by atomic mass is 35.5. The van der Waals surface area contributed by atoms with Gasteiger partial charge in [-0.1, -0.05) is 16.8 Å². The van der Waals surface area contributed by atoms with Gasteiger partial charge in [-0.25, -0.2) is 8.78 Å². The van der Waals surface area contributed by atoms with Crippen LogP contribution >= 0.6 is 11.6 Å². The van der Waals surface area contributed by atoms with Crippen molar-refractivity contribution in [3.63, 3.8) is 0 Å². The summed E-state index contributed by atoms with van der Waals surface area (Å²) in [5.74, 6) is -1.07. The minimum atomic E-state index is -2.85. The first kappa shape index (κ1) is 24.0. The molecule has 1 aromatic carbocycles. The summed E-state index contributed by atoms with van der Waals surface area (Å²) >= 11 is 5.98. The Balaban J connectivity index is 1.23. The van der Waals surface area contributed by atoms with Crippen LogP contribution in [0.4, 0.5) is 8.78 Å². The summed E-state index contributed by atoms with van der Waals surface area (Å²) in [5.41, 5.74) is -1.76. The van der Waals surface area contributed by atoms with Gasteiger partial charge in [0.2, 0.25) is 5.76 Å². The van der Waals surface area contributed by atoms with Gasteiger partial charge in [-0.2, -0.15) is 0 Å². The molecule has 3 aliphatic carbocycles. The lowest BCUT2D eigenvalue weighted by atomic mass is 9.59. The maximum atomic E-state index is 13.1. The van der Waals surface area contributed by atoms with Crippen molar-refractivity contribution in [3.05, 3.63) is 46.3 Å². The van der Waals surface area contributed by atoms with Gasteiger partial charge in [-0.3, -0.25) is 9.59 Å². The van der Waals surface area contributed by atoms with Crippen LogP contribution in [0, 0.1) is 0 Å². The zero-order chi connectivity index (χ0) is 25.0. The van der Waals surface area contributed by atoms with Crippen LogP contribution in [0.5, 0.6) is 5.75 Å². The first-order chi connectivity index (χ1) is 16.6. The van der Waals surface area contributed by atoms with Crippen LogP contribution in [0.2, 0.25) is 5.02 Å². The standard InChI is InChI=1S/C23H24ClF2N3O6/c24-11-1-2-15-12(7-11)14(30)9-16(34-15)20(32)28-23-5-3-22(4-6-23,10-18(23)31)27-21(33)17-8-13(19(25)26)29-35-17/h1-2,7-8,14,16,18-19,30-31H,3-6,9-10H2,(H,27,33)(H,28,32)/t14-,16-,18-,22?,23?/m0/s1. The molecule has 0 radical (unpaired) electrons. The van der Waals surface area contributed by atoms with E-state index in [1.54, 1.807) is 18.2 Å². The largest absolute Gasteiger partial charge is 0.480 e. The van der Waals surface area contributed by atoms with Gasteiger partial charge < -0.3 is 30.1 Å². The fourth-order valence-corrected chi connectivity index (χ4v) is 5.55. The number of nitrogens with zero attached hydrogens (tertiary/aromatic N) is 1. The van der Waals surface area contributed by atoms with Gasteiger partial charge in [0, 0.05) is 28.6 Å². The fraction of sp³-hybridized carbons (Fsp3) is 0.522. The molecule has 4 N–H and O–H groups in total. The molecule has 6 rings (SSSR count). The Morgan fingerprint density at radius 3 is 2.54 bits per heavy atom. The molecular formula is C23H24ClF2N3O6. The third kappa shape index (κ3) is 4.36. The Bertz CT molecular complexity index is 1150. The zero-order valence-electron chi connectivity index (χ0n) is 18.5. The number of nitrogens with one attached hydrogen (secondary N) is 2. The summed E-state index contributed by atoms with van der Waals surface area (Å²) < 4.78 is 36.0. The second kappa shape index (κ2) is 8.72. The summed E-state index contributed by atoms with van der Waals surface area (Å²) in [6.07, 6.45) is -3.76. The summed E-state index contributed by atoms with van der Waals surface area (Å²) in [7, 11) is 0. The first-order valence-electron chi connectivity index (χ1n) is 11.3. The predicted octanol–water partition coefficient (Wildman–Crippen LogP) is 2.81. The Hall–Kier alpha value is -2.76. The molecule has 4 aliphatic rings. The number of benzene rings is 1. The summed E-state index contributed by atoms with van der Waals surface area (Å²) in [4.78, 5) is 25.6. The number of hydrogen-bond donors (Lipinski definition) is 4. The molecular weight excluding hydrogens is 488 g/mol. The Morgan fingerprint density at radius 1 is 1.14 bits per heavy atom. The molecule has 0 saturated heterocycles. The quantitative estimate of drug-likeness (QED) is 0.485. The highest BCUT2D eigenvalue weighted by Gasteiger charge is 2.56. The fourth-order valence-electron chi connectivity index (χ4n) is 5.37. The smallest absolute Gasteiger partial charge is 0.290 e. The monoisotopic (exact) mass is 511 g/mol. The van der Waals surface area contributed by atoms with Crippen molar-refractivity contribution in [1.29, 1.82) is 0 Å². The molecule has 2 amide bonds. The maximum absolute atomic E-state index is 13.1. The molecule has 2 heterocycles. The van der Waals surface area contributed by atoms with E-state index in [1.807, 2.05) is 0 Å². The number of carbonyl (C=O) groups is 2. The van der Waals surface area contributed by atoms with Crippen LogP contribution in [0.15, 0.2) is 28.8 Å². The van der Waals surface area contributed by atoms with Crippen molar-refractivity contribution in [1.82, 2.24) is 15.8 Å².